The molecule has 0 aromatic rings. The number of nitrogens with zero attached hydrogens (tertiary/aromatic N) is 1. The highest BCUT2D eigenvalue weighted by Gasteiger charge is 2.38. The molecule has 1 atom stereocenters. The lowest BCUT2D eigenvalue weighted by molar-refractivity contribution is 0.0371. The van der Waals surface area contributed by atoms with Crippen LogP contribution in [-0.2, 0) is 0 Å². The fourth-order valence-corrected chi connectivity index (χ4v) is 3.08. The maximum absolute atomic E-state index is 3.79. The Morgan fingerprint density at radius 1 is 1.07 bits per heavy atom. The van der Waals surface area contributed by atoms with E-state index >= 15 is 0 Å². The number of hydrogen-bond donors (Lipinski definition) is 1. The highest BCUT2D eigenvalue weighted by atomic mass is 15.2. The molecule has 1 spiro atoms. The van der Waals surface area contributed by atoms with Crippen molar-refractivity contribution >= 4 is 0 Å². The Hall–Kier alpha value is -0.0800. The van der Waals surface area contributed by atoms with Crippen LogP contribution in [0.4, 0.5) is 0 Å². The van der Waals surface area contributed by atoms with Crippen molar-refractivity contribution in [2.24, 2.45) is 0 Å². The van der Waals surface area contributed by atoms with Crippen molar-refractivity contribution in [3.63, 3.8) is 0 Å². The van der Waals surface area contributed by atoms with Gasteiger partial charge in [-0.2, -0.15) is 0 Å². The standard InChI is InChI=1S/C13H26N2/c1-12(2,3)15-10-6-8-13(11-15)7-4-5-9-14-13/h14H,4-11H2,1-3H3. The van der Waals surface area contributed by atoms with E-state index in [1.54, 1.807) is 0 Å². The molecule has 0 amide bonds. The molecule has 0 aliphatic carbocycles. The number of nitrogens with one attached hydrogen (secondary N) is 1. The van der Waals surface area contributed by atoms with E-state index in [2.05, 4.69) is 31.0 Å². The van der Waals surface area contributed by atoms with Gasteiger partial charge in [-0.25, -0.2) is 0 Å². The van der Waals surface area contributed by atoms with Crippen molar-refractivity contribution in [2.75, 3.05) is 19.6 Å². The Bertz CT molecular complexity index is 206. The predicted octanol–water partition coefficient (Wildman–Crippen LogP) is 2.39. The lowest BCUT2D eigenvalue weighted by Crippen LogP contribution is -2.62. The van der Waals surface area contributed by atoms with Crippen LogP contribution in [0.5, 0.6) is 0 Å². The second-order valence-electron chi connectivity index (χ2n) is 6.36. The van der Waals surface area contributed by atoms with Gasteiger partial charge in [0.25, 0.3) is 0 Å². The molecule has 2 saturated heterocycles. The highest BCUT2D eigenvalue weighted by Crippen LogP contribution is 2.32. The Morgan fingerprint density at radius 2 is 1.80 bits per heavy atom. The molecule has 2 nitrogen and oxygen atoms in total. The molecule has 1 unspecified atom stereocenters. The third-order valence-corrected chi connectivity index (χ3v) is 4.11. The van der Waals surface area contributed by atoms with E-state index in [1.165, 1.54) is 51.7 Å². The summed E-state index contributed by atoms with van der Waals surface area (Å²) in [7, 11) is 0. The molecule has 0 aromatic heterocycles. The molecule has 0 bridgehead atoms. The van der Waals surface area contributed by atoms with Gasteiger partial charge in [0.2, 0.25) is 0 Å². The average Bonchev–Trinajstić information content (AvgIpc) is 2.18. The zero-order valence-corrected chi connectivity index (χ0v) is 10.6. The van der Waals surface area contributed by atoms with Gasteiger partial charge in [0, 0.05) is 17.6 Å². The Kier molecular flexibility index (Phi) is 3.09. The van der Waals surface area contributed by atoms with Crippen LogP contribution in [0.25, 0.3) is 0 Å². The molecule has 2 aliphatic heterocycles. The number of hydrogen-bond acceptors (Lipinski definition) is 2. The molecule has 2 rings (SSSR count). The van der Waals surface area contributed by atoms with Gasteiger partial charge in [0.1, 0.15) is 0 Å². The first-order valence-corrected chi connectivity index (χ1v) is 6.52. The van der Waals surface area contributed by atoms with Crippen LogP contribution < -0.4 is 5.32 Å². The van der Waals surface area contributed by atoms with E-state index in [-0.39, 0.29) is 0 Å². The first-order valence-electron chi connectivity index (χ1n) is 6.52. The normalized spacial score (nSPS) is 34.6. The summed E-state index contributed by atoms with van der Waals surface area (Å²) in [5, 5.41) is 3.79. The molecule has 2 heteroatoms. The van der Waals surface area contributed by atoms with Crippen LogP contribution in [0, 0.1) is 0 Å². The van der Waals surface area contributed by atoms with Crippen LogP contribution >= 0.6 is 0 Å². The topological polar surface area (TPSA) is 15.3 Å². The second-order valence-corrected chi connectivity index (χ2v) is 6.36. The molecule has 0 aromatic carbocycles. The smallest absolute Gasteiger partial charge is 0.0309 e. The van der Waals surface area contributed by atoms with Gasteiger partial charge in [0.05, 0.1) is 0 Å². The quantitative estimate of drug-likeness (QED) is 0.660. The maximum atomic E-state index is 3.79. The van der Waals surface area contributed by atoms with Gasteiger partial charge in [-0.15, -0.1) is 0 Å². The molecule has 1 N–H and O–H groups in total. The SMILES string of the molecule is CC(C)(C)N1CCCC2(CCCCN2)C1. The van der Waals surface area contributed by atoms with E-state index in [0.29, 0.717) is 11.1 Å². The average molecular weight is 210 g/mol. The van der Waals surface area contributed by atoms with Crippen LogP contribution in [0.3, 0.4) is 0 Å². The third-order valence-electron chi connectivity index (χ3n) is 4.11. The van der Waals surface area contributed by atoms with Crippen LogP contribution in [0.2, 0.25) is 0 Å². The Labute approximate surface area is 94.4 Å². The summed E-state index contributed by atoms with van der Waals surface area (Å²) >= 11 is 0. The fourth-order valence-electron chi connectivity index (χ4n) is 3.08. The van der Waals surface area contributed by atoms with E-state index in [1.807, 2.05) is 0 Å². The molecule has 2 heterocycles. The minimum Gasteiger partial charge on any atom is -0.310 e. The third kappa shape index (κ3) is 2.54. The fraction of sp³-hybridized carbons (Fsp3) is 1.00. The second kappa shape index (κ2) is 4.06. The summed E-state index contributed by atoms with van der Waals surface area (Å²) in [5.41, 5.74) is 0.802. The van der Waals surface area contributed by atoms with Crippen LogP contribution in [0.15, 0.2) is 0 Å². The maximum Gasteiger partial charge on any atom is 0.0309 e. The van der Waals surface area contributed by atoms with Gasteiger partial charge in [-0.3, -0.25) is 4.90 Å². The summed E-state index contributed by atoms with van der Waals surface area (Å²) in [5.74, 6) is 0. The van der Waals surface area contributed by atoms with Gasteiger partial charge in [0.15, 0.2) is 0 Å². The molecule has 2 fully saturated rings. The largest absolute Gasteiger partial charge is 0.310 e. The molecule has 0 radical (unpaired) electrons. The zero-order valence-electron chi connectivity index (χ0n) is 10.6. The molecule has 0 saturated carbocycles. The first-order chi connectivity index (χ1) is 7.02. The van der Waals surface area contributed by atoms with E-state index in [9.17, 15) is 0 Å². The molecule has 2 aliphatic rings. The first kappa shape index (κ1) is 11.4. The van der Waals surface area contributed by atoms with Crippen molar-refractivity contribution in [3.8, 4) is 0 Å². The minimum absolute atomic E-state index is 0.340. The molecular formula is C13H26N2. The highest BCUT2D eigenvalue weighted by molar-refractivity contribution is 4.98. The molecular weight excluding hydrogens is 184 g/mol. The number of piperidine rings is 2. The van der Waals surface area contributed by atoms with E-state index in [0.717, 1.165) is 0 Å². The Morgan fingerprint density at radius 3 is 2.40 bits per heavy atom. The van der Waals surface area contributed by atoms with E-state index < -0.39 is 0 Å². The van der Waals surface area contributed by atoms with Gasteiger partial charge in [-0.05, 0) is 59.5 Å². The number of likely N-dealkylation sites (tertiary alicyclic amines) is 1. The molecule has 88 valence electrons. The zero-order chi connectivity index (χ0) is 10.9. The van der Waals surface area contributed by atoms with Crippen molar-refractivity contribution in [1.29, 1.82) is 0 Å². The summed E-state index contributed by atoms with van der Waals surface area (Å²) < 4.78 is 0. The van der Waals surface area contributed by atoms with Crippen molar-refractivity contribution in [2.45, 2.75) is 64.0 Å². The van der Waals surface area contributed by atoms with Gasteiger partial charge >= 0.3 is 0 Å². The lowest BCUT2D eigenvalue weighted by Gasteiger charge is -2.50. The van der Waals surface area contributed by atoms with Crippen LogP contribution in [-0.4, -0.2) is 35.6 Å². The summed E-state index contributed by atoms with van der Waals surface area (Å²) in [6, 6.07) is 0. The molecule has 15 heavy (non-hydrogen) atoms. The lowest BCUT2D eigenvalue weighted by atomic mass is 9.80. The van der Waals surface area contributed by atoms with E-state index in [4.69, 9.17) is 0 Å². The predicted molar refractivity (Wildman–Crippen MR) is 65.1 cm³/mol. The Balaban J connectivity index is 2.02. The van der Waals surface area contributed by atoms with Crippen LogP contribution in [0.1, 0.15) is 52.9 Å². The van der Waals surface area contributed by atoms with Gasteiger partial charge < -0.3 is 5.32 Å². The number of rotatable bonds is 0. The van der Waals surface area contributed by atoms with Crippen molar-refractivity contribution in [3.05, 3.63) is 0 Å². The monoisotopic (exact) mass is 210 g/mol. The van der Waals surface area contributed by atoms with Gasteiger partial charge in [-0.1, -0.05) is 6.42 Å². The summed E-state index contributed by atoms with van der Waals surface area (Å²) in [4.78, 5) is 2.66. The summed E-state index contributed by atoms with van der Waals surface area (Å²) in [6.07, 6.45) is 6.94. The minimum atomic E-state index is 0.340. The summed E-state index contributed by atoms with van der Waals surface area (Å²) in [6.45, 7) is 10.8. The van der Waals surface area contributed by atoms with Crippen molar-refractivity contribution in [1.82, 2.24) is 10.2 Å². The van der Waals surface area contributed by atoms with Crippen molar-refractivity contribution < 1.29 is 0 Å².